The van der Waals surface area contributed by atoms with Crippen molar-refractivity contribution in [2.24, 2.45) is 0 Å². The molecule has 0 aliphatic carbocycles. The number of ether oxygens (including phenoxy) is 7. The lowest BCUT2D eigenvalue weighted by Crippen LogP contribution is -2.71. The van der Waals surface area contributed by atoms with E-state index in [2.05, 4.69) is 5.32 Å². The number of carbonyl (C=O) groups excluding carboxylic acids is 1. The van der Waals surface area contributed by atoms with Crippen LogP contribution in [0.15, 0.2) is 0 Å². The van der Waals surface area contributed by atoms with E-state index in [0.717, 1.165) is 6.92 Å². The van der Waals surface area contributed by atoms with Gasteiger partial charge in [-0.3, -0.25) is 4.79 Å². The number of nitrogens with one attached hydrogen (secondary N) is 1. The van der Waals surface area contributed by atoms with Crippen LogP contribution in [0.4, 0.5) is 0 Å². The summed E-state index contributed by atoms with van der Waals surface area (Å²) in [7, 11) is 0. The van der Waals surface area contributed by atoms with E-state index in [9.17, 15) is 66.1 Å². The second-order valence-electron chi connectivity index (χ2n) is 11.9. The lowest BCUT2D eigenvalue weighted by Gasteiger charge is -2.51. The molecule has 20 atom stereocenters. The highest BCUT2D eigenvalue weighted by molar-refractivity contribution is 5.73. The molecule has 0 spiro atoms. The van der Waals surface area contributed by atoms with Gasteiger partial charge in [0.2, 0.25) is 5.91 Å². The van der Waals surface area contributed by atoms with Gasteiger partial charge < -0.3 is 99.8 Å². The zero-order valence-electron chi connectivity index (χ0n) is 25.3. The van der Waals surface area contributed by atoms with Gasteiger partial charge in [0.1, 0.15) is 91.5 Å². The van der Waals surface area contributed by atoms with Crippen LogP contribution in [-0.2, 0) is 38.0 Å². The highest BCUT2D eigenvalue weighted by atomic mass is 16.8. The molecule has 4 aliphatic rings. The Morgan fingerprint density at radius 3 is 1.62 bits per heavy atom. The molecule has 4 heterocycles. The van der Waals surface area contributed by atoms with Gasteiger partial charge in [-0.2, -0.15) is 0 Å². The molecule has 4 rings (SSSR count). The predicted octanol–water partition coefficient (Wildman–Crippen LogP) is -8.58. The van der Waals surface area contributed by atoms with Crippen LogP contribution >= 0.6 is 0 Å². The van der Waals surface area contributed by atoms with Gasteiger partial charge in [0.05, 0.1) is 25.9 Å². The minimum absolute atomic E-state index is 0.751. The molecule has 21 nitrogen and oxygen atoms in total. The molecular formula is C26H45NO20. The Labute approximate surface area is 267 Å². The van der Waals surface area contributed by atoms with Crippen LogP contribution in [0, 0.1) is 0 Å². The molecule has 4 aliphatic heterocycles. The summed E-state index contributed by atoms with van der Waals surface area (Å²) in [6, 6.07) is -1.59. The summed E-state index contributed by atoms with van der Waals surface area (Å²) in [6.45, 7) is -0.152. The fourth-order valence-corrected chi connectivity index (χ4v) is 5.89. The Hall–Kier alpha value is -1.29. The Morgan fingerprint density at radius 2 is 1.04 bits per heavy atom. The summed E-state index contributed by atoms with van der Waals surface area (Å²) in [4.78, 5) is 12.5. The van der Waals surface area contributed by atoms with Crippen molar-refractivity contribution in [1.29, 1.82) is 0 Å². The van der Waals surface area contributed by atoms with Crippen LogP contribution in [0.5, 0.6) is 0 Å². The lowest BCUT2D eigenvalue weighted by molar-refractivity contribution is -0.384. The molecule has 47 heavy (non-hydrogen) atoms. The highest BCUT2D eigenvalue weighted by Crippen LogP contribution is 2.35. The predicted molar refractivity (Wildman–Crippen MR) is 144 cm³/mol. The normalized spacial score (nSPS) is 51.0. The van der Waals surface area contributed by atoms with Crippen molar-refractivity contribution >= 4 is 5.91 Å². The molecule has 4 fully saturated rings. The van der Waals surface area contributed by atoms with Gasteiger partial charge in [0.25, 0.3) is 0 Å². The molecule has 0 aromatic carbocycles. The van der Waals surface area contributed by atoms with Crippen molar-refractivity contribution < 1.29 is 99.2 Å². The van der Waals surface area contributed by atoms with Gasteiger partial charge in [0, 0.05) is 6.92 Å². The minimum Gasteiger partial charge on any atom is -0.394 e. The first-order valence-corrected chi connectivity index (χ1v) is 15.0. The Bertz CT molecular complexity index is 1010. The van der Waals surface area contributed by atoms with Crippen LogP contribution < -0.4 is 5.32 Å². The third-order valence-corrected chi connectivity index (χ3v) is 8.57. The fourth-order valence-electron chi connectivity index (χ4n) is 5.89. The van der Waals surface area contributed by atoms with Crippen molar-refractivity contribution in [2.45, 2.75) is 137 Å². The summed E-state index contributed by atoms with van der Waals surface area (Å²) < 4.78 is 39.8. The van der Waals surface area contributed by atoms with Crippen LogP contribution in [-0.4, -0.2) is 210 Å². The van der Waals surface area contributed by atoms with E-state index in [1.807, 2.05) is 0 Å². The molecule has 21 heteroatoms. The number of carbonyl (C=O) groups is 1. The fraction of sp³-hybridized carbons (Fsp3) is 0.962. The molecule has 1 unspecified atom stereocenters. The van der Waals surface area contributed by atoms with Gasteiger partial charge in [0.15, 0.2) is 25.2 Å². The Kier molecular flexibility index (Phi) is 13.2. The van der Waals surface area contributed by atoms with Crippen molar-refractivity contribution in [3.63, 3.8) is 0 Å². The lowest BCUT2D eigenvalue weighted by atomic mass is 9.93. The first-order valence-electron chi connectivity index (χ1n) is 15.0. The summed E-state index contributed by atoms with van der Waals surface area (Å²) in [6.07, 6.45) is -32.5. The van der Waals surface area contributed by atoms with Crippen molar-refractivity contribution in [2.75, 3.05) is 19.8 Å². The minimum atomic E-state index is -1.96. The summed E-state index contributed by atoms with van der Waals surface area (Å²) >= 11 is 0. The second kappa shape index (κ2) is 16.2. The molecule has 1 amide bonds. The third-order valence-electron chi connectivity index (χ3n) is 8.57. The average Bonchev–Trinajstić information content (AvgIpc) is 3.04. The van der Waals surface area contributed by atoms with Crippen LogP contribution in [0.25, 0.3) is 0 Å². The number of aliphatic hydroxyl groups excluding tert-OH is 12. The molecule has 0 aromatic heterocycles. The van der Waals surface area contributed by atoms with Gasteiger partial charge in [-0.05, 0) is 6.92 Å². The average molecular weight is 692 g/mol. The molecule has 0 bridgehead atoms. The maximum absolute atomic E-state index is 12.5. The van der Waals surface area contributed by atoms with Crippen LogP contribution in [0.2, 0.25) is 0 Å². The van der Waals surface area contributed by atoms with E-state index in [4.69, 9.17) is 33.2 Å². The number of amides is 1. The number of rotatable bonds is 10. The van der Waals surface area contributed by atoms with Gasteiger partial charge >= 0.3 is 0 Å². The molecule has 13 N–H and O–H groups in total. The summed E-state index contributed by atoms with van der Waals surface area (Å²) in [5.74, 6) is -0.751. The van der Waals surface area contributed by atoms with E-state index >= 15 is 0 Å². The zero-order valence-corrected chi connectivity index (χ0v) is 25.3. The molecular weight excluding hydrogens is 646 g/mol. The number of hydrogen-bond acceptors (Lipinski definition) is 20. The maximum Gasteiger partial charge on any atom is 0.217 e. The van der Waals surface area contributed by atoms with Gasteiger partial charge in [-0.1, -0.05) is 0 Å². The van der Waals surface area contributed by atoms with Crippen molar-refractivity contribution in [3.05, 3.63) is 0 Å². The second-order valence-corrected chi connectivity index (χ2v) is 11.9. The van der Waals surface area contributed by atoms with E-state index in [-0.39, 0.29) is 0 Å². The first kappa shape index (κ1) is 38.5. The van der Waals surface area contributed by atoms with Crippen LogP contribution in [0.3, 0.4) is 0 Å². The molecule has 0 aromatic rings. The van der Waals surface area contributed by atoms with Crippen LogP contribution in [0.1, 0.15) is 13.8 Å². The van der Waals surface area contributed by atoms with E-state index in [0.29, 0.717) is 0 Å². The third kappa shape index (κ3) is 8.04. The molecule has 274 valence electrons. The topological polar surface area (TPSA) is 336 Å². The largest absolute Gasteiger partial charge is 0.394 e. The molecule has 4 saturated heterocycles. The molecule has 0 saturated carbocycles. The highest BCUT2D eigenvalue weighted by Gasteiger charge is 2.56. The first-order chi connectivity index (χ1) is 22.1. The number of aliphatic hydroxyl groups is 12. The van der Waals surface area contributed by atoms with Crippen molar-refractivity contribution in [1.82, 2.24) is 5.32 Å². The SMILES string of the molecule is CC(=O)N[C@H]1[C@H](O[C@H]2[C@H](O)[C@@H](O)C(O)O[C@@H]2CO)O[C@H](CO)[C@@H](O[C@@H]2O[C@H](CO)[C@H](O)[C@H](O)[C@H]2O)[C@@H]1O[C@@H]1O[C@@H](C)[C@@H](O)[C@@H](O)[C@@H]1O. The van der Waals surface area contributed by atoms with Crippen molar-refractivity contribution in [3.8, 4) is 0 Å². The Balaban J connectivity index is 1.73. The summed E-state index contributed by atoms with van der Waals surface area (Å²) in [5.41, 5.74) is 0. The molecule has 0 radical (unpaired) electrons. The number of hydrogen-bond donors (Lipinski definition) is 13. The summed E-state index contributed by atoms with van der Waals surface area (Å²) in [5, 5.41) is 126. The van der Waals surface area contributed by atoms with E-state index < -0.39 is 148 Å². The maximum atomic E-state index is 12.5. The quantitative estimate of drug-likeness (QED) is 0.101. The standard InChI is InChI=1S/C26H45NO20/c1-6-12(32)14(34)18(38)25(41-6)47-22-11(27-7(2)31)24(45-20-9(4-29)42-23(40)17(37)16(20)36)44-10(5-30)21(22)46-26-19(39)15(35)13(33)8(3-28)43-26/h6,8-26,28-30,32-40H,3-5H2,1-2H3,(H,27,31)/t6-,8+,9+,10+,11+,12+,13-,14+,15-,16+,17+,18-,19+,20+,21+,22+,23?,24-,25-,26-/m0/s1. The van der Waals surface area contributed by atoms with Gasteiger partial charge in [-0.15, -0.1) is 0 Å². The monoisotopic (exact) mass is 691 g/mol. The van der Waals surface area contributed by atoms with E-state index in [1.54, 1.807) is 0 Å². The zero-order chi connectivity index (χ0) is 34.9. The Morgan fingerprint density at radius 1 is 0.553 bits per heavy atom. The van der Waals surface area contributed by atoms with Gasteiger partial charge in [-0.25, -0.2) is 0 Å². The van der Waals surface area contributed by atoms with E-state index in [1.165, 1.54) is 6.92 Å². The smallest absolute Gasteiger partial charge is 0.217 e.